The number of likely N-dealkylation sites (tertiary alicyclic amines) is 1. The van der Waals surface area contributed by atoms with Crippen LogP contribution in [0.5, 0.6) is 0 Å². The van der Waals surface area contributed by atoms with Gasteiger partial charge in [0, 0.05) is 30.9 Å². The van der Waals surface area contributed by atoms with E-state index in [0.29, 0.717) is 11.5 Å². The molecule has 0 spiro atoms. The Morgan fingerprint density at radius 2 is 2.08 bits per heavy atom. The van der Waals surface area contributed by atoms with Gasteiger partial charge in [0.25, 0.3) is 0 Å². The van der Waals surface area contributed by atoms with E-state index < -0.39 is 0 Å². The summed E-state index contributed by atoms with van der Waals surface area (Å²) in [6.45, 7) is 7.62. The van der Waals surface area contributed by atoms with Crippen LogP contribution in [0.3, 0.4) is 0 Å². The van der Waals surface area contributed by atoms with Crippen LogP contribution in [0.15, 0.2) is 24.3 Å². The van der Waals surface area contributed by atoms with E-state index in [4.69, 9.17) is 12.2 Å². The van der Waals surface area contributed by atoms with Gasteiger partial charge in [0.1, 0.15) is 0 Å². The predicted octanol–water partition coefficient (Wildman–Crippen LogP) is 3.22. The van der Waals surface area contributed by atoms with Gasteiger partial charge < -0.3 is 20.4 Å². The molecule has 0 bridgehead atoms. The second-order valence-corrected chi connectivity index (χ2v) is 7.87. The summed E-state index contributed by atoms with van der Waals surface area (Å²) in [7, 11) is 0. The van der Waals surface area contributed by atoms with Gasteiger partial charge in [-0.2, -0.15) is 0 Å². The normalized spacial score (nSPS) is 19.0. The van der Waals surface area contributed by atoms with Crippen LogP contribution in [0, 0.1) is 5.92 Å². The summed E-state index contributed by atoms with van der Waals surface area (Å²) in [5, 5.41) is 7.16. The Balaban J connectivity index is 1.39. The lowest BCUT2D eigenvalue weighted by Gasteiger charge is -2.30. The molecule has 1 amide bonds. The molecular weight excluding hydrogens is 344 g/mol. The lowest BCUT2D eigenvalue weighted by atomic mass is 9.99. The minimum Gasteiger partial charge on any atom is -0.362 e. The summed E-state index contributed by atoms with van der Waals surface area (Å²) in [6.07, 6.45) is 5.32. The Labute approximate surface area is 162 Å². The van der Waals surface area contributed by atoms with Gasteiger partial charge in [0.05, 0.1) is 0 Å². The number of carbonyl (C=O) groups is 1. The molecule has 2 fully saturated rings. The number of anilines is 2. The highest BCUT2D eigenvalue weighted by Crippen LogP contribution is 2.24. The molecule has 0 unspecified atom stereocenters. The second-order valence-electron chi connectivity index (χ2n) is 7.46. The molecule has 2 heterocycles. The minimum atomic E-state index is 0.204. The molecule has 0 atom stereocenters. The average Bonchev–Trinajstić information content (AvgIpc) is 3.06. The number of nitrogens with one attached hydrogen (secondary N) is 2. The molecule has 0 radical (unpaired) electrons. The Bertz CT molecular complexity index is 628. The van der Waals surface area contributed by atoms with E-state index in [1.807, 2.05) is 29.2 Å². The molecule has 5 nitrogen and oxygen atoms in total. The molecule has 0 aliphatic carbocycles. The molecule has 2 N–H and O–H groups in total. The Morgan fingerprint density at radius 1 is 1.27 bits per heavy atom. The molecule has 6 heteroatoms. The number of thiocarbonyl (C=S) groups is 1. The van der Waals surface area contributed by atoms with Crippen molar-refractivity contribution in [3.63, 3.8) is 0 Å². The van der Waals surface area contributed by atoms with Gasteiger partial charge in [-0.1, -0.05) is 13.0 Å². The van der Waals surface area contributed by atoms with E-state index in [-0.39, 0.29) is 5.91 Å². The molecule has 0 saturated carbocycles. The number of carbonyl (C=O) groups excluding carboxylic acids is 1. The van der Waals surface area contributed by atoms with Crippen LogP contribution in [0.4, 0.5) is 11.4 Å². The molecule has 0 aromatic heterocycles. The van der Waals surface area contributed by atoms with Gasteiger partial charge in [0.2, 0.25) is 5.91 Å². The quantitative estimate of drug-likeness (QED) is 0.591. The van der Waals surface area contributed by atoms with Crippen molar-refractivity contribution in [3.05, 3.63) is 24.3 Å². The largest absolute Gasteiger partial charge is 0.362 e. The zero-order chi connectivity index (χ0) is 18.4. The summed E-state index contributed by atoms with van der Waals surface area (Å²) >= 11 is 5.41. The van der Waals surface area contributed by atoms with E-state index in [0.717, 1.165) is 49.8 Å². The molecule has 2 aliphatic heterocycles. The number of amides is 1. The topological polar surface area (TPSA) is 47.6 Å². The first-order valence-electron chi connectivity index (χ1n) is 9.79. The van der Waals surface area contributed by atoms with Gasteiger partial charge in [-0.3, -0.25) is 4.79 Å². The highest BCUT2D eigenvalue weighted by Gasteiger charge is 2.21. The number of benzene rings is 1. The first-order valence-corrected chi connectivity index (χ1v) is 10.2. The molecule has 1 aromatic carbocycles. The summed E-state index contributed by atoms with van der Waals surface area (Å²) in [5.41, 5.74) is 1.87. The van der Waals surface area contributed by atoms with Crippen LogP contribution in [-0.4, -0.2) is 48.6 Å². The SMILES string of the molecule is CC1CCN(CCCNC(=S)Nc2cccc(N3CCCC3=O)c2)CC1. The maximum absolute atomic E-state index is 11.9. The van der Waals surface area contributed by atoms with Gasteiger partial charge in [-0.15, -0.1) is 0 Å². The van der Waals surface area contributed by atoms with Crippen LogP contribution in [-0.2, 0) is 4.79 Å². The Kier molecular flexibility index (Phi) is 6.86. The summed E-state index contributed by atoms with van der Waals surface area (Å²) < 4.78 is 0. The molecular formula is C20H30N4OS. The van der Waals surface area contributed by atoms with E-state index >= 15 is 0 Å². The fraction of sp³-hybridized carbons (Fsp3) is 0.600. The van der Waals surface area contributed by atoms with Gasteiger partial charge in [-0.05, 0) is 81.7 Å². The van der Waals surface area contributed by atoms with E-state index in [1.54, 1.807) is 0 Å². The molecule has 142 valence electrons. The highest BCUT2D eigenvalue weighted by molar-refractivity contribution is 7.80. The fourth-order valence-electron chi connectivity index (χ4n) is 3.64. The summed E-state index contributed by atoms with van der Waals surface area (Å²) in [6, 6.07) is 7.91. The van der Waals surface area contributed by atoms with E-state index in [1.165, 1.54) is 25.9 Å². The smallest absolute Gasteiger partial charge is 0.227 e. The Hall–Kier alpha value is -1.66. The number of piperidine rings is 1. The lowest BCUT2D eigenvalue weighted by molar-refractivity contribution is -0.117. The average molecular weight is 375 g/mol. The first-order chi connectivity index (χ1) is 12.6. The standard InChI is InChI=1S/C20H30N4OS/c1-16-8-13-23(14-9-16)11-4-10-21-20(26)22-17-5-2-6-18(15-17)24-12-3-7-19(24)25/h2,5-6,15-16H,3-4,7-14H2,1H3,(H2,21,22,26). The first kappa shape index (κ1) is 19.1. The third-order valence-electron chi connectivity index (χ3n) is 5.30. The monoisotopic (exact) mass is 374 g/mol. The maximum Gasteiger partial charge on any atom is 0.227 e. The molecule has 3 rings (SSSR count). The number of nitrogens with zero attached hydrogens (tertiary/aromatic N) is 2. The van der Waals surface area contributed by atoms with Crippen molar-refractivity contribution >= 4 is 34.6 Å². The third-order valence-corrected chi connectivity index (χ3v) is 5.55. The molecule has 2 saturated heterocycles. The number of hydrogen-bond donors (Lipinski definition) is 2. The molecule has 26 heavy (non-hydrogen) atoms. The van der Waals surface area contributed by atoms with Crippen LogP contribution < -0.4 is 15.5 Å². The lowest BCUT2D eigenvalue weighted by Crippen LogP contribution is -2.36. The fourth-order valence-corrected chi connectivity index (χ4v) is 3.86. The minimum absolute atomic E-state index is 0.204. The zero-order valence-corrected chi connectivity index (χ0v) is 16.5. The number of hydrogen-bond acceptors (Lipinski definition) is 3. The van der Waals surface area contributed by atoms with Gasteiger partial charge in [-0.25, -0.2) is 0 Å². The maximum atomic E-state index is 11.9. The highest BCUT2D eigenvalue weighted by atomic mass is 32.1. The Morgan fingerprint density at radius 3 is 2.81 bits per heavy atom. The van der Waals surface area contributed by atoms with Crippen LogP contribution in [0.2, 0.25) is 0 Å². The van der Waals surface area contributed by atoms with Crippen LogP contribution >= 0.6 is 12.2 Å². The number of rotatable bonds is 6. The van der Waals surface area contributed by atoms with Crippen molar-refractivity contribution in [2.45, 2.75) is 39.0 Å². The van der Waals surface area contributed by atoms with Crippen molar-refractivity contribution in [2.24, 2.45) is 5.92 Å². The van der Waals surface area contributed by atoms with Crippen molar-refractivity contribution in [2.75, 3.05) is 42.9 Å². The van der Waals surface area contributed by atoms with Gasteiger partial charge in [0.15, 0.2) is 5.11 Å². The predicted molar refractivity (Wildman–Crippen MR) is 112 cm³/mol. The van der Waals surface area contributed by atoms with E-state index in [2.05, 4.69) is 22.5 Å². The third kappa shape index (κ3) is 5.42. The van der Waals surface area contributed by atoms with E-state index in [9.17, 15) is 4.79 Å². The second kappa shape index (κ2) is 9.33. The van der Waals surface area contributed by atoms with Crippen molar-refractivity contribution < 1.29 is 4.79 Å². The molecule has 2 aliphatic rings. The van der Waals surface area contributed by atoms with Gasteiger partial charge >= 0.3 is 0 Å². The zero-order valence-electron chi connectivity index (χ0n) is 15.7. The van der Waals surface area contributed by atoms with Crippen molar-refractivity contribution in [1.82, 2.24) is 10.2 Å². The summed E-state index contributed by atoms with van der Waals surface area (Å²) in [5.74, 6) is 1.09. The van der Waals surface area contributed by atoms with Crippen LogP contribution in [0.25, 0.3) is 0 Å². The summed E-state index contributed by atoms with van der Waals surface area (Å²) in [4.78, 5) is 16.3. The van der Waals surface area contributed by atoms with Crippen LogP contribution in [0.1, 0.15) is 39.0 Å². The van der Waals surface area contributed by atoms with Crippen molar-refractivity contribution in [1.29, 1.82) is 0 Å². The van der Waals surface area contributed by atoms with Crippen molar-refractivity contribution in [3.8, 4) is 0 Å². The molecule has 1 aromatic rings.